The predicted molar refractivity (Wildman–Crippen MR) is 50.4 cm³/mol. The first-order chi connectivity index (χ1) is 6.77. The normalized spacial score (nSPS) is 13.0. The molecule has 0 saturated carbocycles. The molecule has 0 aliphatic heterocycles. The van der Waals surface area contributed by atoms with Gasteiger partial charge in [0.2, 0.25) is 0 Å². The van der Waals surface area contributed by atoms with E-state index < -0.39 is 0 Å². The first kappa shape index (κ1) is 8.96. The maximum atomic E-state index is 5.76. The third-order valence-electron chi connectivity index (χ3n) is 2.03. The molecule has 0 bridgehead atoms. The molecule has 0 aromatic carbocycles. The number of rotatable bonds is 3. The Hall–Kier alpha value is -1.62. The molecular weight excluding hydrogens is 180 g/mol. The van der Waals surface area contributed by atoms with Gasteiger partial charge in [-0.2, -0.15) is 0 Å². The summed E-state index contributed by atoms with van der Waals surface area (Å²) in [6.07, 6.45) is 5.01. The van der Waals surface area contributed by atoms with Crippen molar-refractivity contribution in [1.82, 2.24) is 15.0 Å². The fourth-order valence-electron chi connectivity index (χ4n) is 1.30. The summed E-state index contributed by atoms with van der Waals surface area (Å²) < 4.78 is 6.74. The van der Waals surface area contributed by atoms with E-state index >= 15 is 0 Å². The van der Waals surface area contributed by atoms with Crippen molar-refractivity contribution in [3.05, 3.63) is 36.0 Å². The van der Waals surface area contributed by atoms with Gasteiger partial charge in [-0.25, -0.2) is 4.68 Å². The summed E-state index contributed by atoms with van der Waals surface area (Å²) in [5.74, 6) is 0. The zero-order valence-corrected chi connectivity index (χ0v) is 7.92. The molecule has 0 aliphatic rings. The fraction of sp³-hybridized carbons (Fsp3) is 0.333. The van der Waals surface area contributed by atoms with Gasteiger partial charge in [-0.3, -0.25) is 0 Å². The van der Waals surface area contributed by atoms with Crippen molar-refractivity contribution in [2.24, 2.45) is 5.73 Å². The van der Waals surface area contributed by atoms with Crippen LogP contribution in [0.3, 0.4) is 0 Å². The lowest BCUT2D eigenvalue weighted by molar-refractivity contribution is 0.551. The molecule has 2 aromatic heterocycles. The minimum absolute atomic E-state index is 0.0584. The Kier molecular flexibility index (Phi) is 2.32. The van der Waals surface area contributed by atoms with Gasteiger partial charge in [-0.05, 0) is 13.0 Å². The minimum Gasteiger partial charge on any atom is -0.472 e. The van der Waals surface area contributed by atoms with Gasteiger partial charge in [0.25, 0.3) is 0 Å². The van der Waals surface area contributed by atoms with Crippen LogP contribution in [0.2, 0.25) is 0 Å². The molecule has 0 saturated heterocycles. The van der Waals surface area contributed by atoms with Crippen molar-refractivity contribution in [3.63, 3.8) is 0 Å². The highest BCUT2D eigenvalue weighted by atomic mass is 16.3. The average Bonchev–Trinajstić information content (AvgIpc) is 2.75. The molecule has 1 atom stereocenters. The molecule has 0 spiro atoms. The van der Waals surface area contributed by atoms with Gasteiger partial charge in [0.1, 0.15) is 0 Å². The first-order valence-corrected chi connectivity index (χ1v) is 4.42. The Bertz CT molecular complexity index is 391. The molecule has 0 aliphatic carbocycles. The summed E-state index contributed by atoms with van der Waals surface area (Å²) in [5.41, 5.74) is 7.74. The summed E-state index contributed by atoms with van der Waals surface area (Å²) in [6.45, 7) is 2.55. The quantitative estimate of drug-likeness (QED) is 0.785. The molecule has 5 nitrogen and oxygen atoms in total. The monoisotopic (exact) mass is 192 g/mol. The van der Waals surface area contributed by atoms with E-state index in [1.54, 1.807) is 23.4 Å². The number of hydrogen-bond donors (Lipinski definition) is 1. The first-order valence-electron chi connectivity index (χ1n) is 4.42. The molecule has 2 aromatic rings. The zero-order chi connectivity index (χ0) is 9.97. The van der Waals surface area contributed by atoms with E-state index in [4.69, 9.17) is 10.2 Å². The molecule has 0 radical (unpaired) electrons. The zero-order valence-electron chi connectivity index (χ0n) is 7.92. The van der Waals surface area contributed by atoms with Gasteiger partial charge in [0, 0.05) is 11.6 Å². The van der Waals surface area contributed by atoms with Crippen LogP contribution < -0.4 is 5.73 Å². The third kappa shape index (κ3) is 1.67. The maximum Gasteiger partial charge on any atom is 0.0953 e. The van der Waals surface area contributed by atoms with Crippen LogP contribution >= 0.6 is 0 Å². The Morgan fingerprint density at radius 3 is 3.14 bits per heavy atom. The molecule has 2 N–H and O–H groups in total. The van der Waals surface area contributed by atoms with E-state index in [2.05, 4.69) is 10.3 Å². The standard InChI is InChI=1S/C9H12N4O/c1-7(10)9-4-11-12-13(9)5-8-2-3-14-6-8/h2-4,6-7H,5,10H2,1H3. The minimum atomic E-state index is -0.0584. The van der Waals surface area contributed by atoms with Crippen molar-refractivity contribution >= 4 is 0 Å². The number of nitrogens with two attached hydrogens (primary N) is 1. The van der Waals surface area contributed by atoms with Crippen LogP contribution in [-0.4, -0.2) is 15.0 Å². The molecule has 2 heterocycles. The van der Waals surface area contributed by atoms with Gasteiger partial charge in [-0.1, -0.05) is 5.21 Å². The highest BCUT2D eigenvalue weighted by Gasteiger charge is 2.08. The van der Waals surface area contributed by atoms with Crippen molar-refractivity contribution in [3.8, 4) is 0 Å². The van der Waals surface area contributed by atoms with E-state index in [0.29, 0.717) is 6.54 Å². The fourth-order valence-corrected chi connectivity index (χ4v) is 1.30. The second kappa shape index (κ2) is 3.63. The highest BCUT2D eigenvalue weighted by Crippen LogP contribution is 2.09. The topological polar surface area (TPSA) is 69.9 Å². The molecule has 0 fully saturated rings. The van der Waals surface area contributed by atoms with Gasteiger partial charge >= 0.3 is 0 Å². The second-order valence-electron chi connectivity index (χ2n) is 3.24. The summed E-state index contributed by atoms with van der Waals surface area (Å²) >= 11 is 0. The Morgan fingerprint density at radius 2 is 2.50 bits per heavy atom. The van der Waals surface area contributed by atoms with Crippen LogP contribution in [-0.2, 0) is 6.54 Å². The van der Waals surface area contributed by atoms with Gasteiger partial charge in [0.15, 0.2) is 0 Å². The summed E-state index contributed by atoms with van der Waals surface area (Å²) in [5, 5.41) is 7.78. The number of nitrogens with zero attached hydrogens (tertiary/aromatic N) is 3. The second-order valence-corrected chi connectivity index (χ2v) is 3.24. The number of furan rings is 1. The van der Waals surface area contributed by atoms with Crippen LogP contribution in [0.1, 0.15) is 24.2 Å². The lowest BCUT2D eigenvalue weighted by Crippen LogP contribution is -2.13. The Morgan fingerprint density at radius 1 is 1.64 bits per heavy atom. The number of hydrogen-bond acceptors (Lipinski definition) is 4. The van der Waals surface area contributed by atoms with E-state index in [1.807, 2.05) is 13.0 Å². The molecule has 5 heteroatoms. The average molecular weight is 192 g/mol. The Balaban J connectivity index is 2.21. The maximum absolute atomic E-state index is 5.76. The Labute approximate surface area is 81.5 Å². The van der Waals surface area contributed by atoms with Crippen molar-refractivity contribution in [1.29, 1.82) is 0 Å². The van der Waals surface area contributed by atoms with Crippen molar-refractivity contribution in [2.75, 3.05) is 0 Å². The molecular formula is C9H12N4O. The van der Waals surface area contributed by atoms with E-state index in [9.17, 15) is 0 Å². The van der Waals surface area contributed by atoms with E-state index in [1.165, 1.54) is 0 Å². The van der Waals surface area contributed by atoms with Crippen LogP contribution in [0, 0.1) is 0 Å². The van der Waals surface area contributed by atoms with Crippen LogP contribution in [0.15, 0.2) is 29.2 Å². The van der Waals surface area contributed by atoms with E-state index in [0.717, 1.165) is 11.3 Å². The van der Waals surface area contributed by atoms with Gasteiger partial charge in [0.05, 0.1) is 31.0 Å². The van der Waals surface area contributed by atoms with Gasteiger partial charge in [-0.15, -0.1) is 5.10 Å². The summed E-state index contributed by atoms with van der Waals surface area (Å²) in [6, 6.07) is 1.84. The van der Waals surface area contributed by atoms with Crippen molar-refractivity contribution in [2.45, 2.75) is 19.5 Å². The van der Waals surface area contributed by atoms with E-state index in [-0.39, 0.29) is 6.04 Å². The summed E-state index contributed by atoms with van der Waals surface area (Å²) in [7, 11) is 0. The lowest BCUT2D eigenvalue weighted by Gasteiger charge is -2.06. The van der Waals surface area contributed by atoms with Crippen LogP contribution in [0.5, 0.6) is 0 Å². The predicted octanol–water partition coefficient (Wildman–Crippen LogP) is 0.939. The largest absolute Gasteiger partial charge is 0.472 e. The third-order valence-corrected chi connectivity index (χ3v) is 2.03. The van der Waals surface area contributed by atoms with Crippen molar-refractivity contribution < 1.29 is 4.42 Å². The smallest absolute Gasteiger partial charge is 0.0953 e. The SMILES string of the molecule is CC(N)c1cnnn1Cc1ccoc1. The number of aromatic nitrogens is 3. The lowest BCUT2D eigenvalue weighted by atomic mass is 10.2. The molecule has 1 unspecified atom stereocenters. The molecule has 0 amide bonds. The molecule has 14 heavy (non-hydrogen) atoms. The van der Waals surface area contributed by atoms with Gasteiger partial charge < -0.3 is 10.2 Å². The summed E-state index contributed by atoms with van der Waals surface area (Å²) in [4.78, 5) is 0. The van der Waals surface area contributed by atoms with Crippen LogP contribution in [0.25, 0.3) is 0 Å². The highest BCUT2D eigenvalue weighted by molar-refractivity contribution is 5.08. The van der Waals surface area contributed by atoms with Crippen LogP contribution in [0.4, 0.5) is 0 Å². The molecule has 2 rings (SSSR count). The molecule has 74 valence electrons.